The second-order valence-corrected chi connectivity index (χ2v) is 9.11. The van der Waals surface area contributed by atoms with Crippen molar-refractivity contribution in [2.75, 3.05) is 0 Å². The molecule has 0 aliphatic carbocycles. The van der Waals surface area contributed by atoms with Crippen LogP contribution in [0.15, 0.2) is 91.1 Å². The zero-order valence-corrected chi connectivity index (χ0v) is 20.7. The molecule has 0 saturated carbocycles. The monoisotopic (exact) mass is 522 g/mol. The molecule has 0 radical (unpaired) electrons. The molecule has 3 aromatic heterocycles. The number of amides is 1. The van der Waals surface area contributed by atoms with E-state index in [1.54, 1.807) is 10.9 Å². The minimum atomic E-state index is -0.410. The van der Waals surface area contributed by atoms with Crippen molar-refractivity contribution in [3.8, 4) is 11.3 Å². The minimum absolute atomic E-state index is 0.142. The molecule has 6 aromatic rings. The number of benzene rings is 3. The van der Waals surface area contributed by atoms with Crippen molar-refractivity contribution in [3.63, 3.8) is 0 Å². The zero-order chi connectivity index (χ0) is 26.1. The summed E-state index contributed by atoms with van der Waals surface area (Å²) in [4.78, 5) is 22.8. The Balaban J connectivity index is 1.35. The van der Waals surface area contributed by atoms with Crippen LogP contribution >= 0.6 is 11.6 Å². The maximum atomic E-state index is 13.9. The van der Waals surface area contributed by atoms with Gasteiger partial charge in [-0.05, 0) is 42.0 Å². The Hall–Kier alpha value is -4.69. The van der Waals surface area contributed by atoms with Crippen LogP contribution in [0.2, 0.25) is 5.02 Å². The van der Waals surface area contributed by atoms with E-state index >= 15 is 0 Å². The molecule has 0 fully saturated rings. The van der Waals surface area contributed by atoms with E-state index in [9.17, 15) is 9.18 Å². The van der Waals surface area contributed by atoms with Crippen LogP contribution < -0.4 is 5.32 Å². The summed E-state index contributed by atoms with van der Waals surface area (Å²) in [6, 6.07) is 25.0. The van der Waals surface area contributed by atoms with E-state index in [-0.39, 0.29) is 18.8 Å². The van der Waals surface area contributed by atoms with Crippen molar-refractivity contribution in [2.24, 2.45) is 0 Å². The second-order valence-electron chi connectivity index (χ2n) is 8.70. The lowest BCUT2D eigenvalue weighted by atomic mass is 10.1. The fourth-order valence-electron chi connectivity index (χ4n) is 4.50. The van der Waals surface area contributed by atoms with Crippen LogP contribution in [-0.2, 0) is 13.1 Å². The largest absolute Gasteiger partial charge is 0.345 e. The number of carbonyl (C=O) groups excluding carboxylic acids is 1. The first-order valence-electron chi connectivity index (χ1n) is 11.9. The second kappa shape index (κ2) is 9.99. The highest BCUT2D eigenvalue weighted by Crippen LogP contribution is 2.27. The highest BCUT2D eigenvalue weighted by molar-refractivity contribution is 6.31. The SMILES string of the molecule is O=C(NCc1nc2ccccc2c2ncccc12)c1nnn(Cc2cc(F)ccc2Cl)c1-c1ccccc1. The Kier molecular flexibility index (Phi) is 6.23. The molecular weight excluding hydrogens is 503 g/mol. The number of hydrogen-bond acceptors (Lipinski definition) is 5. The number of pyridine rings is 2. The van der Waals surface area contributed by atoms with E-state index in [2.05, 4.69) is 20.6 Å². The van der Waals surface area contributed by atoms with Crippen LogP contribution in [0.1, 0.15) is 21.7 Å². The quantitative estimate of drug-likeness (QED) is 0.279. The fourth-order valence-corrected chi connectivity index (χ4v) is 4.67. The average Bonchev–Trinajstić information content (AvgIpc) is 3.37. The number of hydrogen-bond donors (Lipinski definition) is 1. The van der Waals surface area contributed by atoms with Gasteiger partial charge in [-0.25, -0.2) is 9.07 Å². The summed E-state index contributed by atoms with van der Waals surface area (Å²) in [6.45, 7) is 0.312. The Morgan fingerprint density at radius 2 is 1.74 bits per heavy atom. The van der Waals surface area contributed by atoms with Gasteiger partial charge in [0, 0.05) is 27.6 Å². The van der Waals surface area contributed by atoms with Gasteiger partial charge in [-0.2, -0.15) is 0 Å². The molecular formula is C29H20ClFN6O. The molecule has 0 aliphatic heterocycles. The van der Waals surface area contributed by atoms with Crippen LogP contribution in [0.3, 0.4) is 0 Å². The normalized spacial score (nSPS) is 11.2. The van der Waals surface area contributed by atoms with Gasteiger partial charge in [-0.3, -0.25) is 14.8 Å². The molecule has 0 bridgehead atoms. The van der Waals surface area contributed by atoms with Gasteiger partial charge < -0.3 is 5.32 Å². The van der Waals surface area contributed by atoms with Crippen molar-refractivity contribution in [1.82, 2.24) is 30.3 Å². The number of aromatic nitrogens is 5. The first-order valence-corrected chi connectivity index (χ1v) is 12.3. The summed E-state index contributed by atoms with van der Waals surface area (Å²) in [5, 5.41) is 13.6. The van der Waals surface area contributed by atoms with Gasteiger partial charge in [0.15, 0.2) is 5.69 Å². The molecule has 1 amide bonds. The number of nitrogens with zero attached hydrogens (tertiary/aromatic N) is 5. The molecule has 0 spiro atoms. The maximum Gasteiger partial charge on any atom is 0.274 e. The molecule has 7 nitrogen and oxygen atoms in total. The highest BCUT2D eigenvalue weighted by Gasteiger charge is 2.22. The van der Waals surface area contributed by atoms with Crippen LogP contribution in [-0.4, -0.2) is 30.9 Å². The van der Waals surface area contributed by atoms with Gasteiger partial charge in [0.1, 0.15) is 11.5 Å². The van der Waals surface area contributed by atoms with Crippen LogP contribution in [0, 0.1) is 5.82 Å². The molecule has 9 heteroatoms. The van der Waals surface area contributed by atoms with Crippen LogP contribution in [0.5, 0.6) is 0 Å². The molecule has 1 N–H and O–H groups in total. The molecule has 0 saturated heterocycles. The summed E-state index contributed by atoms with van der Waals surface area (Å²) in [7, 11) is 0. The van der Waals surface area contributed by atoms with Gasteiger partial charge in [0.25, 0.3) is 5.91 Å². The molecule has 186 valence electrons. The van der Waals surface area contributed by atoms with Crippen molar-refractivity contribution >= 4 is 39.3 Å². The molecule has 0 unspecified atom stereocenters. The van der Waals surface area contributed by atoms with E-state index in [4.69, 9.17) is 16.6 Å². The predicted molar refractivity (Wildman–Crippen MR) is 144 cm³/mol. The minimum Gasteiger partial charge on any atom is -0.345 e. The summed E-state index contributed by atoms with van der Waals surface area (Å²) in [6.07, 6.45) is 1.74. The van der Waals surface area contributed by atoms with E-state index in [0.717, 1.165) is 27.4 Å². The summed E-state index contributed by atoms with van der Waals surface area (Å²) in [5.74, 6) is -0.819. The van der Waals surface area contributed by atoms with Gasteiger partial charge in [0.05, 0.1) is 29.8 Å². The number of halogens is 2. The number of rotatable bonds is 6. The molecule has 0 aliphatic rings. The first kappa shape index (κ1) is 23.7. The smallest absolute Gasteiger partial charge is 0.274 e. The van der Waals surface area contributed by atoms with E-state index < -0.39 is 11.7 Å². The third-order valence-corrected chi connectivity index (χ3v) is 6.64. The van der Waals surface area contributed by atoms with E-state index in [1.165, 1.54) is 18.2 Å². The van der Waals surface area contributed by atoms with E-state index in [1.807, 2.05) is 66.7 Å². The number of nitrogens with one attached hydrogen (secondary N) is 1. The zero-order valence-electron chi connectivity index (χ0n) is 20.0. The van der Waals surface area contributed by atoms with Crippen molar-refractivity contribution < 1.29 is 9.18 Å². The molecule has 3 heterocycles. The van der Waals surface area contributed by atoms with Crippen molar-refractivity contribution in [1.29, 1.82) is 0 Å². The molecule has 0 atom stereocenters. The lowest BCUT2D eigenvalue weighted by molar-refractivity contribution is 0.0946. The third-order valence-electron chi connectivity index (χ3n) is 6.27. The van der Waals surface area contributed by atoms with Gasteiger partial charge in [-0.1, -0.05) is 65.3 Å². The van der Waals surface area contributed by atoms with Gasteiger partial charge >= 0.3 is 0 Å². The lowest BCUT2D eigenvalue weighted by Crippen LogP contribution is -2.24. The Labute approximate surface area is 221 Å². The lowest BCUT2D eigenvalue weighted by Gasteiger charge is -2.11. The number of fused-ring (bicyclic) bond motifs is 3. The number of para-hydroxylation sites is 1. The third kappa shape index (κ3) is 4.46. The highest BCUT2D eigenvalue weighted by atomic mass is 35.5. The van der Waals surface area contributed by atoms with Crippen LogP contribution in [0.25, 0.3) is 33.1 Å². The van der Waals surface area contributed by atoms with E-state index in [0.29, 0.717) is 22.0 Å². The predicted octanol–water partition coefficient (Wildman–Crippen LogP) is 5.81. The van der Waals surface area contributed by atoms with Gasteiger partial charge in [-0.15, -0.1) is 5.10 Å². The van der Waals surface area contributed by atoms with Gasteiger partial charge in [0.2, 0.25) is 0 Å². The van der Waals surface area contributed by atoms with Crippen molar-refractivity contribution in [3.05, 3.63) is 119 Å². The standard InChI is InChI=1S/C29H20ClFN6O/c30-23-13-12-20(31)15-19(23)17-37-28(18-7-2-1-3-8-18)27(35-36-37)29(38)33-16-25-22-10-6-14-32-26(22)21-9-4-5-11-24(21)34-25/h1-15H,16-17H2,(H,33,38). The molecule has 6 rings (SSSR count). The summed E-state index contributed by atoms with van der Waals surface area (Å²) >= 11 is 6.30. The summed E-state index contributed by atoms with van der Waals surface area (Å²) in [5.41, 5.74) is 4.23. The molecule has 3 aromatic carbocycles. The van der Waals surface area contributed by atoms with Crippen LogP contribution in [0.4, 0.5) is 4.39 Å². The maximum absolute atomic E-state index is 13.9. The average molecular weight is 523 g/mol. The summed E-state index contributed by atoms with van der Waals surface area (Å²) < 4.78 is 15.5. The number of carbonyl (C=O) groups is 1. The first-order chi connectivity index (χ1) is 18.6. The van der Waals surface area contributed by atoms with Crippen molar-refractivity contribution in [2.45, 2.75) is 13.1 Å². The Morgan fingerprint density at radius 1 is 0.947 bits per heavy atom. The fraction of sp³-hybridized carbons (Fsp3) is 0.0690. The topological polar surface area (TPSA) is 85.6 Å². The molecule has 38 heavy (non-hydrogen) atoms. The Morgan fingerprint density at radius 3 is 2.61 bits per heavy atom. The Bertz CT molecular complexity index is 1800.